The van der Waals surface area contributed by atoms with Gasteiger partial charge in [-0.15, -0.1) is 11.3 Å². The summed E-state index contributed by atoms with van der Waals surface area (Å²) in [5.74, 6) is -3.02. The molecule has 1 aromatic heterocycles. The number of rotatable bonds is 12. The average molecular weight is 715 g/mol. The van der Waals surface area contributed by atoms with Gasteiger partial charge < -0.3 is 15.5 Å². The van der Waals surface area contributed by atoms with Gasteiger partial charge >= 0.3 is 11.9 Å². The zero-order valence-electron chi connectivity index (χ0n) is 27.4. The molecule has 0 atom stereocenters. The molecule has 1 amide bonds. The van der Waals surface area contributed by atoms with Crippen LogP contribution in [0.3, 0.4) is 0 Å². The smallest absolute Gasteiger partial charge is 0.335 e. The topological polar surface area (TPSA) is 158 Å². The fraction of sp³-hybridized carbons (Fsp3) is 0.316. The number of amides is 1. The molecule has 3 aromatic carbocycles. The standard InChI is InChI=1S/C38H38N2O8S2/c41-32(28-4-3-5-30(22-28)50(47,48)40-20-18-27(19-21-40)38(45)46)23-34-35(31-6-1-2-7-33(31)49-34)36(42)39-29-16-12-25(13-17-29)9-8-24-10-14-26(15-11-24)37(43)44/h3-5,10-17,22,27H,1-2,6-9,18-21,23H2,(H,39,42)(H,43,44)(H,45,46). The van der Waals surface area contributed by atoms with Crippen LogP contribution in [0, 0.1) is 5.92 Å². The van der Waals surface area contributed by atoms with E-state index in [2.05, 4.69) is 5.32 Å². The first-order valence-corrected chi connectivity index (χ1v) is 19.0. The van der Waals surface area contributed by atoms with Crippen LogP contribution in [0.2, 0.25) is 0 Å². The third-order valence-electron chi connectivity index (χ3n) is 9.50. The number of Topliss-reactive ketones (excluding diaryl/α,β-unsaturated/α-hetero) is 1. The maximum absolute atomic E-state index is 13.8. The van der Waals surface area contributed by atoms with Crippen LogP contribution in [0.25, 0.3) is 0 Å². The summed E-state index contributed by atoms with van der Waals surface area (Å²) in [7, 11) is -3.92. The van der Waals surface area contributed by atoms with Gasteiger partial charge in [0.2, 0.25) is 10.0 Å². The van der Waals surface area contributed by atoms with E-state index >= 15 is 0 Å². The number of carbonyl (C=O) groups excluding carboxylic acids is 2. The lowest BCUT2D eigenvalue weighted by atomic mass is 9.93. The lowest BCUT2D eigenvalue weighted by Gasteiger charge is -2.29. The number of fused-ring (bicyclic) bond motifs is 1. The molecule has 0 spiro atoms. The van der Waals surface area contributed by atoms with Crippen molar-refractivity contribution < 1.29 is 37.8 Å². The van der Waals surface area contributed by atoms with Crippen molar-refractivity contribution in [3.63, 3.8) is 0 Å². The lowest BCUT2D eigenvalue weighted by molar-refractivity contribution is -0.142. The molecule has 1 aliphatic heterocycles. The summed E-state index contributed by atoms with van der Waals surface area (Å²) in [5.41, 5.74) is 4.72. The first-order chi connectivity index (χ1) is 24.0. The molecule has 0 radical (unpaired) electrons. The number of nitrogens with zero attached hydrogens (tertiary/aromatic N) is 1. The molecular weight excluding hydrogens is 677 g/mol. The van der Waals surface area contributed by atoms with E-state index in [0.29, 0.717) is 16.1 Å². The summed E-state index contributed by atoms with van der Waals surface area (Å²) in [4.78, 5) is 51.6. The SMILES string of the molecule is O=C(O)c1ccc(CCc2ccc(NC(=O)c3c(CC(=O)c4cccc(S(=O)(=O)N5CCC(C(=O)O)CC5)c4)sc4c3CCCC4)cc2)cc1. The van der Waals surface area contributed by atoms with Crippen molar-refractivity contribution in [3.05, 3.63) is 116 Å². The Hall–Kier alpha value is -4.65. The highest BCUT2D eigenvalue weighted by Crippen LogP contribution is 2.36. The zero-order valence-corrected chi connectivity index (χ0v) is 29.0. The van der Waals surface area contributed by atoms with Gasteiger partial charge in [-0.1, -0.05) is 36.4 Å². The number of carboxylic acid groups (broad SMARTS) is 2. The Morgan fingerprint density at radius 3 is 2.10 bits per heavy atom. The number of piperidine rings is 1. The van der Waals surface area contributed by atoms with Crippen molar-refractivity contribution in [2.75, 3.05) is 18.4 Å². The average Bonchev–Trinajstić information content (AvgIpc) is 3.49. The summed E-state index contributed by atoms with van der Waals surface area (Å²) >= 11 is 1.48. The Kier molecular flexibility index (Phi) is 10.6. The number of hydrogen-bond donors (Lipinski definition) is 3. The molecule has 0 unspecified atom stereocenters. The molecule has 0 bridgehead atoms. The van der Waals surface area contributed by atoms with E-state index in [1.807, 2.05) is 36.4 Å². The van der Waals surface area contributed by atoms with E-state index < -0.39 is 27.9 Å². The molecule has 1 aliphatic carbocycles. The summed E-state index contributed by atoms with van der Waals surface area (Å²) in [6.45, 7) is 0.202. The van der Waals surface area contributed by atoms with Gasteiger partial charge in [0.15, 0.2) is 5.78 Å². The Balaban J connectivity index is 1.14. The molecule has 1 saturated heterocycles. The number of aliphatic carboxylic acids is 1. The van der Waals surface area contributed by atoms with Crippen LogP contribution in [0.4, 0.5) is 5.69 Å². The Morgan fingerprint density at radius 1 is 0.820 bits per heavy atom. The summed E-state index contributed by atoms with van der Waals surface area (Å²) < 4.78 is 28.1. The quantitative estimate of drug-likeness (QED) is 0.145. The molecule has 10 nitrogen and oxygen atoms in total. The van der Waals surface area contributed by atoms with Crippen LogP contribution in [0.1, 0.15) is 83.2 Å². The molecule has 50 heavy (non-hydrogen) atoms. The molecule has 4 aromatic rings. The second-order valence-electron chi connectivity index (χ2n) is 12.8. The maximum Gasteiger partial charge on any atom is 0.335 e. The van der Waals surface area contributed by atoms with Crippen molar-refractivity contribution in [3.8, 4) is 0 Å². The second-order valence-corrected chi connectivity index (χ2v) is 15.9. The number of aryl methyl sites for hydroxylation is 3. The van der Waals surface area contributed by atoms with Gasteiger partial charge in [0.25, 0.3) is 5.91 Å². The molecule has 2 heterocycles. The highest BCUT2D eigenvalue weighted by Gasteiger charge is 2.33. The first kappa shape index (κ1) is 35.2. The second kappa shape index (κ2) is 15.1. The number of sulfonamides is 1. The number of carboxylic acids is 2. The summed E-state index contributed by atoms with van der Waals surface area (Å²) in [5, 5.41) is 21.4. The van der Waals surface area contributed by atoms with Crippen LogP contribution in [-0.2, 0) is 46.9 Å². The molecule has 3 N–H and O–H groups in total. The van der Waals surface area contributed by atoms with Crippen LogP contribution < -0.4 is 5.32 Å². The number of anilines is 1. The predicted molar refractivity (Wildman–Crippen MR) is 190 cm³/mol. The van der Waals surface area contributed by atoms with Crippen molar-refractivity contribution in [2.24, 2.45) is 5.92 Å². The monoisotopic (exact) mass is 714 g/mol. The van der Waals surface area contributed by atoms with Crippen LogP contribution in [0.15, 0.2) is 77.7 Å². The molecule has 1 fully saturated rings. The van der Waals surface area contributed by atoms with E-state index in [9.17, 15) is 32.7 Å². The fourth-order valence-electron chi connectivity index (χ4n) is 6.63. The van der Waals surface area contributed by atoms with Gasteiger partial charge in [0.1, 0.15) is 0 Å². The highest BCUT2D eigenvalue weighted by atomic mass is 32.2. The molecule has 6 rings (SSSR count). The number of nitrogens with one attached hydrogen (secondary N) is 1. The molecule has 12 heteroatoms. The Morgan fingerprint density at radius 2 is 1.46 bits per heavy atom. The van der Waals surface area contributed by atoms with Crippen LogP contribution >= 0.6 is 11.3 Å². The molecule has 260 valence electrons. The fourth-order valence-corrected chi connectivity index (χ4v) is 9.54. The molecule has 2 aliphatic rings. The van der Waals surface area contributed by atoms with Crippen molar-refractivity contribution >= 4 is 50.7 Å². The maximum atomic E-state index is 13.8. The number of benzene rings is 3. The third-order valence-corrected chi connectivity index (χ3v) is 12.7. The number of carbonyl (C=O) groups is 4. The van der Waals surface area contributed by atoms with Gasteiger partial charge in [0.05, 0.1) is 21.9 Å². The van der Waals surface area contributed by atoms with E-state index in [-0.39, 0.29) is 60.1 Å². The number of thiophene rings is 1. The van der Waals surface area contributed by atoms with Crippen LogP contribution in [-0.4, -0.2) is 59.7 Å². The third kappa shape index (κ3) is 7.88. The minimum absolute atomic E-state index is 0.0138. The van der Waals surface area contributed by atoms with Gasteiger partial charge in [-0.05, 0) is 104 Å². The summed E-state index contributed by atoms with van der Waals surface area (Å²) in [6.07, 6.45) is 5.47. The van der Waals surface area contributed by atoms with E-state index in [0.717, 1.165) is 60.1 Å². The molecule has 0 saturated carbocycles. The zero-order chi connectivity index (χ0) is 35.4. The van der Waals surface area contributed by atoms with Gasteiger partial charge in [-0.25, -0.2) is 13.2 Å². The van der Waals surface area contributed by atoms with Crippen LogP contribution in [0.5, 0.6) is 0 Å². The van der Waals surface area contributed by atoms with E-state index in [1.165, 1.54) is 33.8 Å². The van der Waals surface area contributed by atoms with Crippen molar-refractivity contribution in [1.29, 1.82) is 0 Å². The van der Waals surface area contributed by atoms with E-state index in [4.69, 9.17) is 5.11 Å². The largest absolute Gasteiger partial charge is 0.481 e. The number of ketones is 1. The highest BCUT2D eigenvalue weighted by molar-refractivity contribution is 7.89. The number of aromatic carboxylic acids is 1. The minimum atomic E-state index is -3.92. The lowest BCUT2D eigenvalue weighted by Crippen LogP contribution is -2.40. The Labute approximate surface area is 294 Å². The predicted octanol–water partition coefficient (Wildman–Crippen LogP) is 6.27. The van der Waals surface area contributed by atoms with Gasteiger partial charge in [-0.3, -0.25) is 14.4 Å². The molecular formula is C38H38N2O8S2. The van der Waals surface area contributed by atoms with Crippen molar-refractivity contribution in [1.82, 2.24) is 4.31 Å². The normalized spacial score (nSPS) is 15.3. The number of hydrogen-bond acceptors (Lipinski definition) is 7. The van der Waals surface area contributed by atoms with Gasteiger partial charge in [0, 0.05) is 40.5 Å². The van der Waals surface area contributed by atoms with E-state index in [1.54, 1.807) is 18.2 Å². The van der Waals surface area contributed by atoms with Gasteiger partial charge in [-0.2, -0.15) is 4.31 Å². The minimum Gasteiger partial charge on any atom is -0.481 e. The van der Waals surface area contributed by atoms with Crippen molar-refractivity contribution in [2.45, 2.75) is 62.7 Å². The first-order valence-electron chi connectivity index (χ1n) is 16.7. The Bertz CT molecular complexity index is 2030. The summed E-state index contributed by atoms with van der Waals surface area (Å²) in [6, 6.07) is 20.4.